The molecule has 0 atom stereocenters. The lowest BCUT2D eigenvalue weighted by Crippen LogP contribution is -2.30. The van der Waals surface area contributed by atoms with Gasteiger partial charge in [0, 0.05) is 0 Å². The zero-order chi connectivity index (χ0) is 12.8. The number of carboxylic acid groups (broad SMARTS) is 1. The summed E-state index contributed by atoms with van der Waals surface area (Å²) in [5, 5.41) is 10.7. The second kappa shape index (κ2) is 5.74. The summed E-state index contributed by atoms with van der Waals surface area (Å²) >= 11 is 0. The molecule has 1 rings (SSSR count). The van der Waals surface area contributed by atoms with Crippen LogP contribution < -0.4 is 14.8 Å². The molecule has 1 aromatic rings. The summed E-state index contributed by atoms with van der Waals surface area (Å²) in [5.74, 6) is -1.55. The Morgan fingerprint density at radius 3 is 2.18 bits per heavy atom. The number of amides is 1. The molecule has 1 amide bonds. The van der Waals surface area contributed by atoms with Crippen LogP contribution in [0.15, 0.2) is 18.2 Å². The number of carbonyl (C=O) groups is 2. The van der Waals surface area contributed by atoms with E-state index in [9.17, 15) is 9.59 Å². The molecule has 1 aromatic carbocycles. The Balaban J connectivity index is 2.88. The lowest BCUT2D eigenvalue weighted by Gasteiger charge is -2.12. The summed E-state index contributed by atoms with van der Waals surface area (Å²) in [7, 11) is 2.97. The fraction of sp³-hybridized carbons (Fsp3) is 0.273. The number of aliphatic carboxylic acids is 1. The van der Waals surface area contributed by atoms with Gasteiger partial charge in [-0.25, -0.2) is 4.79 Å². The van der Waals surface area contributed by atoms with E-state index in [4.69, 9.17) is 14.6 Å². The summed E-state index contributed by atoms with van der Waals surface area (Å²) < 4.78 is 10.2. The van der Waals surface area contributed by atoms with Crippen molar-refractivity contribution >= 4 is 11.9 Å². The standard InChI is InChI=1S/C11H13NO5/c1-16-8-4-3-5-9(17-2)7(8)6-12-10(13)11(14)15/h3-5H,6H2,1-2H3,(H,12,13)(H,14,15). The van der Waals surface area contributed by atoms with Crippen LogP contribution in [0.5, 0.6) is 11.5 Å². The van der Waals surface area contributed by atoms with Crippen molar-refractivity contribution in [3.05, 3.63) is 23.8 Å². The molecule has 0 aliphatic rings. The van der Waals surface area contributed by atoms with Gasteiger partial charge in [-0.15, -0.1) is 0 Å². The van der Waals surface area contributed by atoms with Gasteiger partial charge in [-0.05, 0) is 12.1 Å². The molecular weight excluding hydrogens is 226 g/mol. The second-order valence-electron chi connectivity index (χ2n) is 3.13. The minimum atomic E-state index is -1.53. The summed E-state index contributed by atoms with van der Waals surface area (Å²) in [6.07, 6.45) is 0. The molecule has 0 bridgehead atoms. The maximum atomic E-state index is 10.9. The number of benzene rings is 1. The third kappa shape index (κ3) is 3.10. The summed E-state index contributed by atoms with van der Waals surface area (Å²) in [5.41, 5.74) is 0.590. The highest BCUT2D eigenvalue weighted by atomic mass is 16.5. The van der Waals surface area contributed by atoms with Gasteiger partial charge in [-0.2, -0.15) is 0 Å². The first kappa shape index (κ1) is 12.8. The summed E-state index contributed by atoms with van der Waals surface area (Å²) in [6.45, 7) is 0.0261. The fourth-order valence-electron chi connectivity index (χ4n) is 1.35. The molecule has 0 unspecified atom stereocenters. The van der Waals surface area contributed by atoms with Crippen molar-refractivity contribution in [3.8, 4) is 11.5 Å². The number of hydrogen-bond acceptors (Lipinski definition) is 4. The van der Waals surface area contributed by atoms with Crippen LogP contribution in [-0.2, 0) is 16.1 Å². The van der Waals surface area contributed by atoms with Crippen molar-refractivity contribution < 1.29 is 24.2 Å². The number of ether oxygens (including phenoxy) is 2. The van der Waals surface area contributed by atoms with Crippen LogP contribution in [-0.4, -0.2) is 31.2 Å². The molecule has 0 aliphatic heterocycles. The number of nitrogens with one attached hydrogen (secondary N) is 1. The van der Waals surface area contributed by atoms with Crippen molar-refractivity contribution in [2.24, 2.45) is 0 Å². The van der Waals surface area contributed by atoms with E-state index in [2.05, 4.69) is 5.32 Å². The molecule has 92 valence electrons. The monoisotopic (exact) mass is 239 g/mol. The molecule has 0 aliphatic carbocycles. The summed E-state index contributed by atoms with van der Waals surface area (Å²) in [4.78, 5) is 21.3. The quantitative estimate of drug-likeness (QED) is 0.743. The molecule has 0 saturated heterocycles. The number of carboxylic acids is 1. The van der Waals surface area contributed by atoms with E-state index < -0.39 is 11.9 Å². The Morgan fingerprint density at radius 2 is 1.76 bits per heavy atom. The Morgan fingerprint density at radius 1 is 1.24 bits per heavy atom. The van der Waals surface area contributed by atoms with Gasteiger partial charge in [0.2, 0.25) is 0 Å². The maximum absolute atomic E-state index is 10.9. The van der Waals surface area contributed by atoms with E-state index in [0.29, 0.717) is 17.1 Å². The highest BCUT2D eigenvalue weighted by molar-refractivity contribution is 6.31. The molecule has 0 heterocycles. The van der Waals surface area contributed by atoms with E-state index in [1.54, 1.807) is 18.2 Å². The lowest BCUT2D eigenvalue weighted by atomic mass is 10.1. The normalized spacial score (nSPS) is 9.53. The zero-order valence-electron chi connectivity index (χ0n) is 9.52. The number of carbonyl (C=O) groups excluding carboxylic acids is 1. The Hall–Kier alpha value is -2.24. The van der Waals surface area contributed by atoms with Gasteiger partial charge in [0.25, 0.3) is 0 Å². The van der Waals surface area contributed by atoms with Crippen molar-refractivity contribution in [2.75, 3.05) is 14.2 Å². The zero-order valence-corrected chi connectivity index (χ0v) is 9.52. The topological polar surface area (TPSA) is 84.9 Å². The minimum absolute atomic E-state index is 0.0261. The van der Waals surface area contributed by atoms with Gasteiger partial charge in [0.05, 0.1) is 26.3 Å². The molecule has 0 saturated carbocycles. The summed E-state index contributed by atoms with van der Waals surface area (Å²) in [6, 6.07) is 5.13. The molecule has 0 spiro atoms. The average Bonchev–Trinajstić information content (AvgIpc) is 2.34. The largest absolute Gasteiger partial charge is 0.496 e. The molecule has 0 aromatic heterocycles. The lowest BCUT2D eigenvalue weighted by molar-refractivity contribution is -0.150. The van der Waals surface area contributed by atoms with Crippen LogP contribution in [0.4, 0.5) is 0 Å². The van der Waals surface area contributed by atoms with Crippen molar-refractivity contribution in [1.82, 2.24) is 5.32 Å². The molecule has 0 radical (unpaired) electrons. The van der Waals surface area contributed by atoms with Crippen molar-refractivity contribution in [2.45, 2.75) is 6.54 Å². The van der Waals surface area contributed by atoms with E-state index in [-0.39, 0.29) is 6.54 Å². The van der Waals surface area contributed by atoms with E-state index in [0.717, 1.165) is 0 Å². The molecule has 2 N–H and O–H groups in total. The highest BCUT2D eigenvalue weighted by Gasteiger charge is 2.14. The van der Waals surface area contributed by atoms with Gasteiger partial charge in [-0.1, -0.05) is 6.07 Å². The van der Waals surface area contributed by atoms with Crippen LogP contribution in [0.2, 0.25) is 0 Å². The van der Waals surface area contributed by atoms with Crippen LogP contribution in [0.3, 0.4) is 0 Å². The smallest absolute Gasteiger partial charge is 0.394 e. The fourth-order valence-corrected chi connectivity index (χ4v) is 1.35. The van der Waals surface area contributed by atoms with Gasteiger partial charge in [-0.3, -0.25) is 4.79 Å². The Kier molecular flexibility index (Phi) is 4.33. The van der Waals surface area contributed by atoms with Crippen LogP contribution in [0.25, 0.3) is 0 Å². The minimum Gasteiger partial charge on any atom is -0.496 e. The Bertz CT molecular complexity index is 408. The number of methoxy groups -OCH3 is 2. The van der Waals surface area contributed by atoms with E-state index >= 15 is 0 Å². The van der Waals surface area contributed by atoms with Gasteiger partial charge in [0.15, 0.2) is 0 Å². The number of rotatable bonds is 4. The second-order valence-corrected chi connectivity index (χ2v) is 3.13. The molecule has 0 fully saturated rings. The van der Waals surface area contributed by atoms with Gasteiger partial charge >= 0.3 is 11.9 Å². The number of hydrogen-bond donors (Lipinski definition) is 2. The SMILES string of the molecule is COc1cccc(OC)c1CNC(=O)C(=O)O. The first-order valence-electron chi connectivity index (χ1n) is 4.81. The first-order valence-corrected chi connectivity index (χ1v) is 4.81. The predicted octanol–water partition coefficient (Wildman–Crippen LogP) is 0.405. The Labute approximate surface area is 98.2 Å². The third-order valence-electron chi connectivity index (χ3n) is 2.15. The molecule has 6 nitrogen and oxygen atoms in total. The highest BCUT2D eigenvalue weighted by Crippen LogP contribution is 2.27. The van der Waals surface area contributed by atoms with Crippen LogP contribution >= 0.6 is 0 Å². The molecular formula is C11H13NO5. The third-order valence-corrected chi connectivity index (χ3v) is 2.15. The van der Waals surface area contributed by atoms with E-state index in [1.165, 1.54) is 14.2 Å². The predicted molar refractivity (Wildman–Crippen MR) is 59.0 cm³/mol. The van der Waals surface area contributed by atoms with Crippen LogP contribution in [0.1, 0.15) is 5.56 Å². The molecule has 17 heavy (non-hydrogen) atoms. The first-order chi connectivity index (χ1) is 8.10. The maximum Gasteiger partial charge on any atom is 0.394 e. The van der Waals surface area contributed by atoms with Crippen molar-refractivity contribution in [3.63, 3.8) is 0 Å². The molecule has 6 heteroatoms. The van der Waals surface area contributed by atoms with E-state index in [1.807, 2.05) is 0 Å². The van der Waals surface area contributed by atoms with Gasteiger partial charge in [0.1, 0.15) is 11.5 Å². The van der Waals surface area contributed by atoms with Crippen molar-refractivity contribution in [1.29, 1.82) is 0 Å². The average molecular weight is 239 g/mol. The van der Waals surface area contributed by atoms with Gasteiger partial charge < -0.3 is 19.9 Å². The van der Waals surface area contributed by atoms with Crippen LogP contribution in [0, 0.1) is 0 Å².